The zero-order chi connectivity index (χ0) is 14.5. The molecule has 0 aliphatic carbocycles. The normalized spacial score (nSPS) is 12.3. The summed E-state index contributed by atoms with van der Waals surface area (Å²) < 4.78 is 5.50. The lowest BCUT2D eigenvalue weighted by molar-refractivity contribution is -0.121. The van der Waals surface area contributed by atoms with Gasteiger partial charge in [0.2, 0.25) is 5.91 Å². The van der Waals surface area contributed by atoms with Gasteiger partial charge >= 0.3 is 0 Å². The Labute approximate surface area is 121 Å². The van der Waals surface area contributed by atoms with E-state index in [-0.39, 0.29) is 25.0 Å². The molecule has 1 atom stereocenters. The number of carbonyl (C=O) groups is 1. The zero-order valence-corrected chi connectivity index (χ0v) is 12.4. The molecule has 1 unspecified atom stereocenters. The highest BCUT2D eigenvalue weighted by molar-refractivity contribution is 7.13. The van der Waals surface area contributed by atoms with Crippen LogP contribution in [0.25, 0.3) is 10.8 Å². The van der Waals surface area contributed by atoms with Gasteiger partial charge in [-0.2, -0.15) is 0 Å². The summed E-state index contributed by atoms with van der Waals surface area (Å²) >= 11 is 1.46. The predicted octanol–water partition coefficient (Wildman–Crippen LogP) is 2.14. The number of furan rings is 1. The molecule has 1 amide bonds. The molecule has 2 N–H and O–H groups in total. The average Bonchev–Trinajstić information content (AvgIpc) is 2.98. The molecule has 6 heteroatoms. The maximum atomic E-state index is 11.8. The maximum Gasteiger partial charge on any atom is 0.226 e. The number of thiazole rings is 1. The Hall–Kier alpha value is -1.66. The highest BCUT2D eigenvalue weighted by Crippen LogP contribution is 2.25. The van der Waals surface area contributed by atoms with E-state index < -0.39 is 0 Å². The number of aryl methyl sites for hydroxylation is 1. The number of nitrogens with one attached hydrogen (secondary N) is 1. The topological polar surface area (TPSA) is 75.4 Å². The molecule has 2 aromatic rings. The van der Waals surface area contributed by atoms with Gasteiger partial charge in [0, 0.05) is 18.0 Å². The van der Waals surface area contributed by atoms with Crippen LogP contribution in [0.5, 0.6) is 0 Å². The SMILES string of the molecule is Cc1ccc(-c2nc(CC(=O)NC(C)CCO)cs2)o1. The number of aliphatic hydroxyl groups is 1. The fourth-order valence-electron chi connectivity index (χ4n) is 1.81. The smallest absolute Gasteiger partial charge is 0.226 e. The van der Waals surface area contributed by atoms with Crippen LogP contribution in [0.3, 0.4) is 0 Å². The van der Waals surface area contributed by atoms with Crippen molar-refractivity contribution in [2.24, 2.45) is 0 Å². The summed E-state index contributed by atoms with van der Waals surface area (Å²) in [6, 6.07) is 3.74. The minimum absolute atomic E-state index is 0.0293. The highest BCUT2D eigenvalue weighted by atomic mass is 32.1. The first-order chi connectivity index (χ1) is 9.58. The van der Waals surface area contributed by atoms with E-state index in [1.807, 2.05) is 31.4 Å². The molecule has 108 valence electrons. The van der Waals surface area contributed by atoms with Crippen molar-refractivity contribution in [3.63, 3.8) is 0 Å². The molecular weight excluding hydrogens is 276 g/mol. The minimum atomic E-state index is -0.0848. The van der Waals surface area contributed by atoms with E-state index in [1.165, 1.54) is 11.3 Å². The van der Waals surface area contributed by atoms with E-state index in [4.69, 9.17) is 9.52 Å². The van der Waals surface area contributed by atoms with Gasteiger partial charge in [-0.1, -0.05) is 0 Å². The number of rotatable bonds is 6. The molecule has 0 aromatic carbocycles. The van der Waals surface area contributed by atoms with Crippen molar-refractivity contribution >= 4 is 17.2 Å². The summed E-state index contributed by atoms with van der Waals surface area (Å²) in [6.07, 6.45) is 0.797. The van der Waals surface area contributed by atoms with Gasteiger partial charge in [-0.25, -0.2) is 4.98 Å². The lowest BCUT2D eigenvalue weighted by Crippen LogP contribution is -2.34. The van der Waals surface area contributed by atoms with Crippen LogP contribution in [0.2, 0.25) is 0 Å². The summed E-state index contributed by atoms with van der Waals surface area (Å²) in [5.41, 5.74) is 0.729. The number of aromatic nitrogens is 1. The van der Waals surface area contributed by atoms with Gasteiger partial charge in [0.1, 0.15) is 5.76 Å². The summed E-state index contributed by atoms with van der Waals surface area (Å²) in [5.74, 6) is 1.48. The fourth-order valence-corrected chi connectivity index (χ4v) is 2.59. The minimum Gasteiger partial charge on any atom is -0.459 e. The second-order valence-electron chi connectivity index (χ2n) is 4.71. The highest BCUT2D eigenvalue weighted by Gasteiger charge is 2.12. The Morgan fingerprint density at radius 1 is 1.55 bits per heavy atom. The fraction of sp³-hybridized carbons (Fsp3) is 0.429. The number of nitrogens with zero attached hydrogens (tertiary/aromatic N) is 1. The maximum absolute atomic E-state index is 11.8. The van der Waals surface area contributed by atoms with Crippen molar-refractivity contribution < 1.29 is 14.3 Å². The summed E-state index contributed by atoms with van der Waals surface area (Å²) in [5, 5.41) is 14.3. The molecule has 0 radical (unpaired) electrons. The van der Waals surface area contributed by atoms with Crippen LogP contribution in [-0.4, -0.2) is 28.6 Å². The Kier molecular flexibility index (Phi) is 4.92. The lowest BCUT2D eigenvalue weighted by Gasteiger charge is -2.11. The summed E-state index contributed by atoms with van der Waals surface area (Å²) in [6.45, 7) is 3.82. The van der Waals surface area contributed by atoms with Crippen molar-refractivity contribution in [2.75, 3.05) is 6.61 Å². The van der Waals surface area contributed by atoms with Gasteiger partial charge in [-0.15, -0.1) is 11.3 Å². The molecule has 0 aliphatic heterocycles. The van der Waals surface area contributed by atoms with Crippen LogP contribution < -0.4 is 5.32 Å². The molecule has 0 saturated carbocycles. The van der Waals surface area contributed by atoms with Gasteiger partial charge in [-0.05, 0) is 32.4 Å². The number of carbonyl (C=O) groups excluding carboxylic acids is 1. The van der Waals surface area contributed by atoms with Gasteiger partial charge < -0.3 is 14.8 Å². The van der Waals surface area contributed by atoms with Gasteiger partial charge in [0.25, 0.3) is 0 Å². The molecule has 0 aliphatic rings. The molecule has 0 fully saturated rings. The van der Waals surface area contributed by atoms with Crippen LogP contribution in [0.4, 0.5) is 0 Å². The van der Waals surface area contributed by atoms with E-state index in [0.717, 1.165) is 22.2 Å². The summed E-state index contributed by atoms with van der Waals surface area (Å²) in [7, 11) is 0. The molecule has 20 heavy (non-hydrogen) atoms. The Morgan fingerprint density at radius 3 is 3.00 bits per heavy atom. The van der Waals surface area contributed by atoms with E-state index in [1.54, 1.807) is 0 Å². The van der Waals surface area contributed by atoms with Crippen molar-refractivity contribution in [1.29, 1.82) is 0 Å². The Bertz CT molecular complexity index is 576. The quantitative estimate of drug-likeness (QED) is 0.856. The van der Waals surface area contributed by atoms with E-state index >= 15 is 0 Å². The third-order valence-electron chi connectivity index (χ3n) is 2.81. The van der Waals surface area contributed by atoms with E-state index in [2.05, 4.69) is 10.3 Å². The first kappa shape index (κ1) is 14.7. The zero-order valence-electron chi connectivity index (χ0n) is 11.5. The monoisotopic (exact) mass is 294 g/mol. The van der Waals surface area contributed by atoms with E-state index in [0.29, 0.717) is 6.42 Å². The molecule has 0 spiro atoms. The number of hydrogen-bond acceptors (Lipinski definition) is 5. The molecular formula is C14H18N2O3S. The first-order valence-corrected chi connectivity index (χ1v) is 7.38. The van der Waals surface area contributed by atoms with Crippen molar-refractivity contribution in [3.8, 4) is 10.8 Å². The largest absolute Gasteiger partial charge is 0.459 e. The second-order valence-corrected chi connectivity index (χ2v) is 5.57. The molecule has 2 heterocycles. The third kappa shape index (κ3) is 3.91. The molecule has 2 rings (SSSR count). The van der Waals surface area contributed by atoms with Crippen LogP contribution >= 0.6 is 11.3 Å². The summed E-state index contributed by atoms with van der Waals surface area (Å²) in [4.78, 5) is 16.2. The molecule has 5 nitrogen and oxygen atoms in total. The van der Waals surface area contributed by atoms with Crippen LogP contribution in [0, 0.1) is 6.92 Å². The Morgan fingerprint density at radius 2 is 2.35 bits per heavy atom. The number of amides is 1. The third-order valence-corrected chi connectivity index (χ3v) is 3.72. The van der Waals surface area contributed by atoms with Gasteiger partial charge in [0.05, 0.1) is 12.1 Å². The van der Waals surface area contributed by atoms with Crippen LogP contribution in [0.15, 0.2) is 21.9 Å². The van der Waals surface area contributed by atoms with Crippen LogP contribution in [-0.2, 0) is 11.2 Å². The molecule has 0 saturated heterocycles. The standard InChI is InChI=1S/C14H18N2O3S/c1-9(5-6-17)15-13(18)7-11-8-20-14(16-11)12-4-3-10(2)19-12/h3-4,8-9,17H,5-7H2,1-2H3,(H,15,18). The Balaban J connectivity index is 1.94. The first-order valence-electron chi connectivity index (χ1n) is 6.50. The van der Waals surface area contributed by atoms with Crippen molar-refractivity contribution in [3.05, 3.63) is 29.0 Å². The predicted molar refractivity (Wildman–Crippen MR) is 77.6 cm³/mol. The number of aliphatic hydroxyl groups excluding tert-OH is 1. The lowest BCUT2D eigenvalue weighted by atomic mass is 10.2. The van der Waals surface area contributed by atoms with Gasteiger partial charge in [0.15, 0.2) is 10.8 Å². The van der Waals surface area contributed by atoms with Gasteiger partial charge in [-0.3, -0.25) is 4.79 Å². The average molecular weight is 294 g/mol. The van der Waals surface area contributed by atoms with E-state index in [9.17, 15) is 4.79 Å². The van der Waals surface area contributed by atoms with Crippen LogP contribution in [0.1, 0.15) is 24.8 Å². The van der Waals surface area contributed by atoms with Crippen molar-refractivity contribution in [1.82, 2.24) is 10.3 Å². The van der Waals surface area contributed by atoms with Crippen molar-refractivity contribution in [2.45, 2.75) is 32.7 Å². The number of hydrogen-bond donors (Lipinski definition) is 2. The molecule has 0 bridgehead atoms. The molecule has 2 aromatic heterocycles. The second kappa shape index (κ2) is 6.67.